The molecule has 0 atom stereocenters. The van der Waals surface area contributed by atoms with Crippen LogP contribution in [0.3, 0.4) is 0 Å². The lowest BCUT2D eigenvalue weighted by molar-refractivity contribution is 0.0933. The molecular formula is C49H49BBrO13. The summed E-state index contributed by atoms with van der Waals surface area (Å²) in [6.07, 6.45) is 3.41. The van der Waals surface area contributed by atoms with E-state index in [-0.39, 0.29) is 16.6 Å². The first-order valence-corrected chi connectivity index (χ1v) is 20.7. The summed E-state index contributed by atoms with van der Waals surface area (Å²) in [5.74, 6) is 1.46. The number of hydrogen-bond donors (Lipinski definition) is 1. The Labute approximate surface area is 379 Å². The molecule has 0 amide bonds. The number of ether oxygens (including phenoxy) is 6. The number of halogens is 1. The smallest absolute Gasteiger partial charge is 0.537 e. The van der Waals surface area contributed by atoms with Crippen molar-refractivity contribution in [1.82, 2.24) is 0 Å². The molecule has 1 N–H and O–H groups in total. The van der Waals surface area contributed by atoms with E-state index < -0.39 is 0 Å². The number of fused-ring (bicyclic) bond motifs is 3. The topological polar surface area (TPSA) is 162 Å². The molecular weight excluding hydrogens is 887 g/mol. The number of rotatable bonds is 13. The lowest BCUT2D eigenvalue weighted by atomic mass is 10.0. The Kier molecular flexibility index (Phi) is 19.5. The van der Waals surface area contributed by atoms with Gasteiger partial charge in [0.2, 0.25) is 5.43 Å². The summed E-state index contributed by atoms with van der Waals surface area (Å²) in [5.41, 5.74) is 8.26. The Morgan fingerprint density at radius 2 is 1.03 bits per heavy atom. The van der Waals surface area contributed by atoms with Crippen molar-refractivity contribution >= 4 is 51.3 Å². The fourth-order valence-corrected chi connectivity index (χ4v) is 6.74. The van der Waals surface area contributed by atoms with Crippen LogP contribution in [0.15, 0.2) is 139 Å². The minimum absolute atomic E-state index is 0.0327. The fourth-order valence-electron chi connectivity index (χ4n) is 6.43. The maximum Gasteiger partial charge on any atom is 0.569 e. The van der Waals surface area contributed by atoms with Crippen LogP contribution in [0.5, 0.6) is 11.5 Å². The second-order valence-corrected chi connectivity index (χ2v) is 15.0. The summed E-state index contributed by atoms with van der Waals surface area (Å²) in [5, 5.41) is 9.47. The van der Waals surface area contributed by atoms with Gasteiger partial charge in [0.1, 0.15) is 33.9 Å². The predicted molar refractivity (Wildman–Crippen MR) is 248 cm³/mol. The number of hydrogen-bond acceptors (Lipinski definition) is 13. The zero-order chi connectivity index (χ0) is 45.8. The second-order valence-electron chi connectivity index (χ2n) is 14.1. The van der Waals surface area contributed by atoms with Gasteiger partial charge >= 0.3 is 7.69 Å². The van der Waals surface area contributed by atoms with Gasteiger partial charge in [0, 0.05) is 42.0 Å². The standard InChI is InChI=1S/C19H18O4.C11H9BrO3.C11H12O3.C8H10BO3/c1-21-10-13-3-6-15(7-4-13)17-12-23-18-9-14(11-22-2)5-8-16(18)19(17)20;1-14-5-7-2-3-8-10(4-7)15-6-9(12)11(8)13;1-13-7-8-2-3-9-10(12)4-5-14-11(9)6-8;1-11-6-7-2-4-8(5-3-7)12-9-10/h3-9,12H,10-11H2,1-2H3;2-4,6H,5H2,1H3;2-3,6H,4-5,7H2,1H3;2-5,10H,6H2,1H3. The summed E-state index contributed by atoms with van der Waals surface area (Å²) >= 11 is 3.13. The van der Waals surface area contributed by atoms with Crippen molar-refractivity contribution in [3.63, 3.8) is 0 Å². The lowest BCUT2D eigenvalue weighted by Crippen LogP contribution is -2.15. The molecule has 13 nitrogen and oxygen atoms in total. The molecule has 0 spiro atoms. The summed E-state index contributed by atoms with van der Waals surface area (Å²) < 4.78 is 46.7. The molecule has 64 heavy (non-hydrogen) atoms. The second kappa shape index (κ2) is 25.4. The van der Waals surface area contributed by atoms with Crippen molar-refractivity contribution in [2.75, 3.05) is 42.2 Å². The molecule has 0 fully saturated rings. The monoisotopic (exact) mass is 935 g/mol. The molecule has 0 unspecified atom stereocenters. The molecule has 2 aromatic heterocycles. The van der Waals surface area contributed by atoms with Crippen molar-refractivity contribution in [3.8, 4) is 22.6 Å². The third-order valence-electron chi connectivity index (χ3n) is 9.50. The highest BCUT2D eigenvalue weighted by Gasteiger charge is 2.18. The molecule has 15 heteroatoms. The van der Waals surface area contributed by atoms with Crippen LogP contribution in [0.4, 0.5) is 0 Å². The minimum Gasteiger partial charge on any atom is -0.537 e. The lowest BCUT2D eigenvalue weighted by Gasteiger charge is -2.16. The number of carbonyl (C=O) groups is 1. The number of Topliss-reactive ketones (excluding diaryl/α,β-unsaturated/α-hetero) is 1. The van der Waals surface area contributed by atoms with Gasteiger partial charge in [0.15, 0.2) is 11.2 Å². The normalized spacial score (nSPS) is 11.5. The van der Waals surface area contributed by atoms with E-state index in [9.17, 15) is 14.4 Å². The van der Waals surface area contributed by atoms with E-state index in [0.29, 0.717) is 103 Å². The third kappa shape index (κ3) is 13.8. The van der Waals surface area contributed by atoms with Gasteiger partial charge < -0.3 is 46.9 Å². The maximum atomic E-state index is 12.7. The van der Waals surface area contributed by atoms with Gasteiger partial charge in [-0.15, -0.1) is 0 Å². The van der Waals surface area contributed by atoms with Crippen LogP contribution in [-0.4, -0.2) is 60.6 Å². The van der Waals surface area contributed by atoms with Crippen LogP contribution in [0, 0.1) is 0 Å². The molecule has 0 bridgehead atoms. The molecule has 3 heterocycles. The average Bonchev–Trinajstić information content (AvgIpc) is 3.30. The summed E-state index contributed by atoms with van der Waals surface area (Å²) in [6, 6.07) is 31.5. The fraction of sp³-hybridized carbons (Fsp3) is 0.245. The van der Waals surface area contributed by atoms with Crippen LogP contribution in [0.2, 0.25) is 0 Å². The predicted octanol–water partition coefficient (Wildman–Crippen LogP) is 8.99. The van der Waals surface area contributed by atoms with E-state index in [2.05, 4.69) is 15.9 Å². The molecule has 1 aliphatic rings. The van der Waals surface area contributed by atoms with Crippen molar-refractivity contribution in [2.45, 2.75) is 39.5 Å². The highest BCUT2D eigenvalue weighted by atomic mass is 79.9. The summed E-state index contributed by atoms with van der Waals surface area (Å²) in [6.45, 7) is 3.17. The molecule has 0 saturated carbocycles. The molecule has 7 aromatic rings. The summed E-state index contributed by atoms with van der Waals surface area (Å²) in [4.78, 5) is 35.8. The van der Waals surface area contributed by atoms with E-state index in [0.717, 1.165) is 33.4 Å². The first-order chi connectivity index (χ1) is 31.1. The number of ketones is 1. The van der Waals surface area contributed by atoms with Crippen molar-refractivity contribution in [1.29, 1.82) is 0 Å². The maximum absolute atomic E-state index is 12.7. The van der Waals surface area contributed by atoms with Crippen LogP contribution in [0.1, 0.15) is 44.6 Å². The van der Waals surface area contributed by atoms with Gasteiger partial charge in [-0.3, -0.25) is 14.4 Å². The minimum atomic E-state index is -0.0554. The van der Waals surface area contributed by atoms with E-state index >= 15 is 0 Å². The molecule has 1 radical (unpaired) electrons. The van der Waals surface area contributed by atoms with E-state index in [1.807, 2.05) is 78.9 Å². The molecule has 8 rings (SSSR count). The molecule has 333 valence electrons. The van der Waals surface area contributed by atoms with Crippen molar-refractivity contribution < 1.29 is 51.7 Å². The van der Waals surface area contributed by atoms with E-state index in [4.69, 9.17) is 46.9 Å². The van der Waals surface area contributed by atoms with Crippen LogP contribution in [0.25, 0.3) is 33.1 Å². The number of methoxy groups -OCH3 is 5. The first kappa shape index (κ1) is 49.1. The van der Waals surface area contributed by atoms with Gasteiger partial charge in [-0.1, -0.05) is 54.6 Å². The van der Waals surface area contributed by atoms with E-state index in [1.54, 1.807) is 59.8 Å². The van der Waals surface area contributed by atoms with Crippen LogP contribution in [-0.2, 0) is 56.7 Å². The molecule has 5 aromatic carbocycles. The highest BCUT2D eigenvalue weighted by Crippen LogP contribution is 2.26. The Morgan fingerprint density at radius 1 is 0.562 bits per heavy atom. The van der Waals surface area contributed by atoms with Gasteiger partial charge in [0.25, 0.3) is 0 Å². The molecule has 1 aliphatic heterocycles. The zero-order valence-electron chi connectivity index (χ0n) is 36.2. The van der Waals surface area contributed by atoms with Gasteiger partial charge in [0.05, 0.1) is 67.3 Å². The number of benzene rings is 5. The quantitative estimate of drug-likeness (QED) is 0.109. The van der Waals surface area contributed by atoms with Gasteiger partial charge in [-0.05, 0) is 97.8 Å². The summed E-state index contributed by atoms with van der Waals surface area (Å²) in [7, 11) is 8.87. The Morgan fingerprint density at radius 3 is 1.58 bits per heavy atom. The van der Waals surface area contributed by atoms with Gasteiger partial charge in [-0.2, -0.15) is 0 Å². The Bertz CT molecular complexity index is 2670. The third-order valence-corrected chi connectivity index (χ3v) is 10.0. The first-order valence-electron chi connectivity index (χ1n) is 19.9. The van der Waals surface area contributed by atoms with Crippen LogP contribution >= 0.6 is 15.9 Å². The Balaban J connectivity index is 0.000000166. The highest BCUT2D eigenvalue weighted by molar-refractivity contribution is 9.10. The Hall–Kier alpha value is -5.91. The largest absolute Gasteiger partial charge is 0.569 e. The van der Waals surface area contributed by atoms with Crippen molar-refractivity contribution in [2.24, 2.45) is 0 Å². The average molecular weight is 937 g/mol. The van der Waals surface area contributed by atoms with Gasteiger partial charge in [-0.25, -0.2) is 0 Å². The number of carbonyl (C=O) groups excluding carboxylic acids is 1. The van der Waals surface area contributed by atoms with Crippen LogP contribution < -0.4 is 20.2 Å². The van der Waals surface area contributed by atoms with Crippen molar-refractivity contribution in [3.05, 3.63) is 174 Å². The molecule has 0 saturated heterocycles. The molecule has 0 aliphatic carbocycles. The SMILES string of the molecule is COCc1ccc(-c2coc3cc(COC)ccc3c2=O)cc1.COCc1ccc(O[B]O)cc1.COCc1ccc2c(=O)c(Br)coc2c1.COCc1ccc2c(c1)OCCC2=O. The zero-order valence-corrected chi connectivity index (χ0v) is 37.8. The van der Waals surface area contributed by atoms with E-state index in [1.165, 1.54) is 12.5 Å².